The van der Waals surface area contributed by atoms with E-state index in [0.29, 0.717) is 0 Å². The van der Waals surface area contributed by atoms with Crippen LogP contribution in [0, 0.1) is 0 Å². The smallest absolute Gasteiger partial charge is 0.0934 e. The van der Waals surface area contributed by atoms with E-state index in [-0.39, 0.29) is 0 Å². The number of pyridine rings is 2. The van der Waals surface area contributed by atoms with Crippen molar-refractivity contribution < 1.29 is 0 Å². The van der Waals surface area contributed by atoms with Gasteiger partial charge in [0.1, 0.15) is 0 Å². The predicted molar refractivity (Wildman–Crippen MR) is 179 cm³/mol. The van der Waals surface area contributed by atoms with Crippen LogP contribution in [0.3, 0.4) is 0 Å². The number of hydrogen-bond donors (Lipinski definition) is 0. The van der Waals surface area contributed by atoms with Gasteiger partial charge in [-0.1, -0.05) is 115 Å². The quantitative estimate of drug-likeness (QED) is 0.206. The summed E-state index contributed by atoms with van der Waals surface area (Å²) in [6, 6.07) is 53.9. The number of benzene rings is 6. The molecule has 0 aliphatic heterocycles. The first kappa shape index (κ1) is 23.9. The molecule has 0 aliphatic carbocycles. The summed E-state index contributed by atoms with van der Waals surface area (Å²) in [7, 11) is 0. The Morgan fingerprint density at radius 1 is 0.419 bits per heavy atom. The van der Waals surface area contributed by atoms with Crippen molar-refractivity contribution in [3.05, 3.63) is 152 Å². The van der Waals surface area contributed by atoms with E-state index >= 15 is 0 Å². The number of nitrogens with zero attached hydrogens (tertiary/aromatic N) is 3. The molecule has 0 amide bonds. The van der Waals surface area contributed by atoms with Crippen LogP contribution >= 0.6 is 0 Å². The van der Waals surface area contributed by atoms with Gasteiger partial charge in [0.05, 0.1) is 27.9 Å². The molecule has 43 heavy (non-hydrogen) atoms. The molecule has 0 spiro atoms. The summed E-state index contributed by atoms with van der Waals surface area (Å²) in [5, 5.41) is 12.3. The summed E-state index contributed by atoms with van der Waals surface area (Å²) in [5.74, 6) is 0. The van der Waals surface area contributed by atoms with E-state index in [9.17, 15) is 0 Å². The molecule has 0 aliphatic rings. The molecule has 0 bridgehead atoms. The third kappa shape index (κ3) is 3.83. The van der Waals surface area contributed by atoms with Crippen LogP contribution < -0.4 is 0 Å². The van der Waals surface area contributed by atoms with Crippen molar-refractivity contribution in [1.82, 2.24) is 14.6 Å². The molecule has 0 unspecified atom stereocenters. The standard InChI is InChI=1S/C40H25N3/c1-2-9-31-30(8-1)24-35(33-11-4-3-10-32(31)33)27-18-16-26(17-19-27)29-21-20-28-22-23-37(41-38(28)25-29)40-15-7-14-39-34-12-5-6-13-36(34)42-43(39)40/h1-25H. The summed E-state index contributed by atoms with van der Waals surface area (Å²) < 4.78 is 2.01. The Kier molecular flexibility index (Phi) is 5.20. The van der Waals surface area contributed by atoms with Crippen LogP contribution in [0.2, 0.25) is 0 Å². The molecule has 9 aromatic rings. The molecule has 3 heterocycles. The highest BCUT2D eigenvalue weighted by Gasteiger charge is 2.12. The van der Waals surface area contributed by atoms with E-state index < -0.39 is 0 Å². The molecule has 0 saturated carbocycles. The third-order valence-corrected chi connectivity index (χ3v) is 8.60. The minimum atomic E-state index is 0.904. The van der Waals surface area contributed by atoms with Crippen LogP contribution in [0.15, 0.2) is 152 Å². The van der Waals surface area contributed by atoms with E-state index in [2.05, 4.69) is 146 Å². The largest absolute Gasteiger partial charge is 0.246 e. The first-order valence-electron chi connectivity index (χ1n) is 14.6. The average Bonchev–Trinajstić information content (AvgIpc) is 3.46. The molecule has 3 aromatic heterocycles. The van der Waals surface area contributed by atoms with Crippen molar-refractivity contribution in [1.29, 1.82) is 0 Å². The average molecular weight is 548 g/mol. The van der Waals surface area contributed by atoms with Gasteiger partial charge in [-0.05, 0) is 80.2 Å². The van der Waals surface area contributed by atoms with Crippen LogP contribution in [0.25, 0.3) is 82.5 Å². The molecule has 3 heteroatoms. The van der Waals surface area contributed by atoms with Crippen molar-refractivity contribution in [2.45, 2.75) is 0 Å². The zero-order chi connectivity index (χ0) is 28.3. The molecule has 0 fully saturated rings. The minimum Gasteiger partial charge on any atom is -0.246 e. The van der Waals surface area contributed by atoms with Gasteiger partial charge in [-0.15, -0.1) is 0 Å². The maximum atomic E-state index is 5.12. The van der Waals surface area contributed by atoms with Gasteiger partial charge in [0, 0.05) is 10.8 Å². The molecular weight excluding hydrogens is 522 g/mol. The fraction of sp³-hybridized carbons (Fsp3) is 0. The van der Waals surface area contributed by atoms with Gasteiger partial charge in [-0.3, -0.25) is 0 Å². The van der Waals surface area contributed by atoms with Gasteiger partial charge >= 0.3 is 0 Å². The van der Waals surface area contributed by atoms with E-state index in [1.54, 1.807) is 0 Å². The molecule has 6 aromatic carbocycles. The monoisotopic (exact) mass is 547 g/mol. The van der Waals surface area contributed by atoms with E-state index in [1.807, 2.05) is 10.6 Å². The van der Waals surface area contributed by atoms with E-state index in [0.717, 1.165) is 44.3 Å². The molecular formula is C40H25N3. The van der Waals surface area contributed by atoms with Crippen molar-refractivity contribution >= 4 is 48.9 Å². The topological polar surface area (TPSA) is 30.2 Å². The van der Waals surface area contributed by atoms with Crippen LogP contribution in [-0.2, 0) is 0 Å². The van der Waals surface area contributed by atoms with Crippen molar-refractivity contribution in [3.63, 3.8) is 0 Å². The molecule has 3 nitrogen and oxygen atoms in total. The van der Waals surface area contributed by atoms with Gasteiger partial charge in [0.2, 0.25) is 0 Å². The molecule has 0 radical (unpaired) electrons. The van der Waals surface area contributed by atoms with Gasteiger partial charge in [-0.2, -0.15) is 5.10 Å². The van der Waals surface area contributed by atoms with Crippen LogP contribution in [0.5, 0.6) is 0 Å². The normalized spacial score (nSPS) is 11.7. The lowest BCUT2D eigenvalue weighted by Crippen LogP contribution is -1.95. The zero-order valence-electron chi connectivity index (χ0n) is 23.3. The van der Waals surface area contributed by atoms with E-state index in [4.69, 9.17) is 10.1 Å². The maximum Gasteiger partial charge on any atom is 0.0934 e. The number of rotatable bonds is 3. The summed E-state index contributed by atoms with van der Waals surface area (Å²) in [5.41, 5.74) is 9.71. The fourth-order valence-electron chi connectivity index (χ4n) is 6.47. The van der Waals surface area contributed by atoms with Crippen LogP contribution in [0.1, 0.15) is 0 Å². The Bertz CT molecular complexity index is 2500. The molecule has 0 N–H and O–H groups in total. The first-order chi connectivity index (χ1) is 21.3. The Balaban J connectivity index is 1.12. The van der Waals surface area contributed by atoms with Crippen LogP contribution in [-0.4, -0.2) is 14.6 Å². The Morgan fingerprint density at radius 2 is 1.12 bits per heavy atom. The van der Waals surface area contributed by atoms with Crippen LogP contribution in [0.4, 0.5) is 0 Å². The predicted octanol–water partition coefficient (Wildman–Crippen LogP) is 10.3. The lowest BCUT2D eigenvalue weighted by Gasteiger charge is -2.12. The summed E-state index contributed by atoms with van der Waals surface area (Å²) in [6.45, 7) is 0. The van der Waals surface area contributed by atoms with Crippen molar-refractivity contribution in [2.75, 3.05) is 0 Å². The highest BCUT2D eigenvalue weighted by atomic mass is 15.2. The van der Waals surface area contributed by atoms with Crippen molar-refractivity contribution in [2.24, 2.45) is 0 Å². The molecule has 0 saturated heterocycles. The van der Waals surface area contributed by atoms with Gasteiger partial charge < -0.3 is 0 Å². The zero-order valence-corrected chi connectivity index (χ0v) is 23.3. The minimum absolute atomic E-state index is 0.904. The third-order valence-electron chi connectivity index (χ3n) is 8.60. The Morgan fingerprint density at radius 3 is 2.00 bits per heavy atom. The second kappa shape index (κ2) is 9.37. The highest BCUT2D eigenvalue weighted by molar-refractivity contribution is 6.13. The van der Waals surface area contributed by atoms with Gasteiger partial charge in [0.15, 0.2) is 0 Å². The van der Waals surface area contributed by atoms with Gasteiger partial charge in [0.25, 0.3) is 0 Å². The lowest BCUT2D eigenvalue weighted by molar-refractivity contribution is 0.984. The Labute approximate surface area is 248 Å². The molecule has 0 atom stereocenters. The summed E-state index contributed by atoms with van der Waals surface area (Å²) >= 11 is 0. The first-order valence-corrected chi connectivity index (χ1v) is 14.6. The second-order valence-corrected chi connectivity index (χ2v) is 11.1. The SMILES string of the molecule is c1ccc2c(c1)cc(-c1ccc(-c3ccc4ccc(-c5cccc6c7ccccc7nn56)nc4c3)cc1)c1ccccc12. The lowest BCUT2D eigenvalue weighted by atomic mass is 9.92. The Hall–Kier alpha value is -5.80. The van der Waals surface area contributed by atoms with E-state index in [1.165, 1.54) is 38.2 Å². The number of hydrogen-bond acceptors (Lipinski definition) is 2. The number of aromatic nitrogens is 3. The second-order valence-electron chi connectivity index (χ2n) is 11.1. The summed E-state index contributed by atoms with van der Waals surface area (Å²) in [4.78, 5) is 5.12. The van der Waals surface area contributed by atoms with Gasteiger partial charge in [-0.25, -0.2) is 9.50 Å². The highest BCUT2D eigenvalue weighted by Crippen LogP contribution is 2.36. The summed E-state index contributed by atoms with van der Waals surface area (Å²) in [6.07, 6.45) is 0. The number of fused-ring (bicyclic) bond motifs is 7. The molecule has 200 valence electrons. The van der Waals surface area contributed by atoms with Crippen molar-refractivity contribution in [3.8, 4) is 33.6 Å². The fourth-order valence-corrected chi connectivity index (χ4v) is 6.47. The molecule has 9 rings (SSSR count). The maximum absolute atomic E-state index is 5.12.